The summed E-state index contributed by atoms with van der Waals surface area (Å²) in [4.78, 5) is 11.2. The van der Waals surface area contributed by atoms with Crippen molar-refractivity contribution in [2.24, 2.45) is 0 Å². The zero-order valence-corrected chi connectivity index (χ0v) is 9.55. The average molecular weight is 225 g/mol. The van der Waals surface area contributed by atoms with E-state index < -0.39 is 11.8 Å². The lowest BCUT2D eigenvalue weighted by Crippen LogP contribution is -2.07. The maximum atomic E-state index is 13.3. The number of methoxy groups -OCH3 is 1. The summed E-state index contributed by atoms with van der Waals surface area (Å²) in [6.07, 6.45) is 2.11. The van der Waals surface area contributed by atoms with E-state index in [9.17, 15) is 9.18 Å². The Morgan fingerprint density at radius 2 is 2.25 bits per heavy atom. The van der Waals surface area contributed by atoms with E-state index in [0.717, 1.165) is 25.1 Å². The van der Waals surface area contributed by atoms with Gasteiger partial charge in [0.15, 0.2) is 0 Å². The van der Waals surface area contributed by atoms with Crippen LogP contribution in [0.2, 0.25) is 0 Å². The number of halogens is 1. The number of nitrogens with one attached hydrogen (secondary N) is 1. The van der Waals surface area contributed by atoms with Crippen LogP contribution in [-0.4, -0.2) is 19.6 Å². The van der Waals surface area contributed by atoms with Crippen molar-refractivity contribution in [2.75, 3.05) is 19.0 Å². The molecule has 0 aliphatic carbocycles. The predicted molar refractivity (Wildman–Crippen MR) is 61.1 cm³/mol. The lowest BCUT2D eigenvalue weighted by Gasteiger charge is -2.07. The molecule has 0 aliphatic rings. The van der Waals surface area contributed by atoms with Gasteiger partial charge in [-0.25, -0.2) is 9.18 Å². The molecule has 0 radical (unpaired) electrons. The van der Waals surface area contributed by atoms with Crippen molar-refractivity contribution >= 4 is 11.7 Å². The Hall–Kier alpha value is -1.58. The van der Waals surface area contributed by atoms with Crippen molar-refractivity contribution in [3.8, 4) is 0 Å². The van der Waals surface area contributed by atoms with E-state index >= 15 is 0 Å². The number of hydrogen-bond acceptors (Lipinski definition) is 3. The van der Waals surface area contributed by atoms with Crippen molar-refractivity contribution in [1.29, 1.82) is 0 Å². The van der Waals surface area contributed by atoms with Gasteiger partial charge in [-0.3, -0.25) is 0 Å². The van der Waals surface area contributed by atoms with Crippen LogP contribution < -0.4 is 5.32 Å². The number of rotatable bonds is 5. The molecule has 0 fully saturated rings. The minimum absolute atomic E-state index is 0.0380. The third kappa shape index (κ3) is 3.22. The van der Waals surface area contributed by atoms with Gasteiger partial charge in [-0.05, 0) is 24.6 Å². The van der Waals surface area contributed by atoms with Crippen molar-refractivity contribution in [1.82, 2.24) is 0 Å². The van der Waals surface area contributed by atoms with Gasteiger partial charge in [-0.2, -0.15) is 0 Å². The van der Waals surface area contributed by atoms with Gasteiger partial charge in [0.1, 0.15) is 5.82 Å². The molecule has 1 aromatic rings. The summed E-state index contributed by atoms with van der Waals surface area (Å²) in [7, 11) is 1.24. The van der Waals surface area contributed by atoms with E-state index in [4.69, 9.17) is 0 Å². The molecule has 0 aromatic heterocycles. The van der Waals surface area contributed by atoms with E-state index in [1.165, 1.54) is 19.2 Å². The van der Waals surface area contributed by atoms with Gasteiger partial charge in [0.25, 0.3) is 0 Å². The van der Waals surface area contributed by atoms with Crippen LogP contribution in [0.1, 0.15) is 30.1 Å². The third-order valence-corrected chi connectivity index (χ3v) is 2.23. The molecule has 0 spiro atoms. The van der Waals surface area contributed by atoms with Crippen molar-refractivity contribution in [3.63, 3.8) is 0 Å². The molecule has 0 unspecified atom stereocenters. The monoisotopic (exact) mass is 225 g/mol. The average Bonchev–Trinajstić information content (AvgIpc) is 2.30. The molecule has 0 aliphatic heterocycles. The lowest BCUT2D eigenvalue weighted by molar-refractivity contribution is 0.0595. The molecule has 0 bridgehead atoms. The van der Waals surface area contributed by atoms with Crippen molar-refractivity contribution in [2.45, 2.75) is 19.8 Å². The molecule has 0 saturated heterocycles. The summed E-state index contributed by atoms with van der Waals surface area (Å²) < 4.78 is 17.8. The third-order valence-electron chi connectivity index (χ3n) is 2.23. The van der Waals surface area contributed by atoms with E-state index in [1.54, 1.807) is 6.07 Å². The molecule has 1 N–H and O–H groups in total. The number of anilines is 1. The number of unbranched alkanes of at least 4 members (excludes halogenated alkanes) is 1. The smallest absolute Gasteiger partial charge is 0.340 e. The van der Waals surface area contributed by atoms with Gasteiger partial charge in [-0.1, -0.05) is 13.3 Å². The zero-order valence-electron chi connectivity index (χ0n) is 9.55. The Labute approximate surface area is 94.6 Å². The Bertz CT molecular complexity index is 366. The normalized spacial score (nSPS) is 9.94. The summed E-state index contributed by atoms with van der Waals surface area (Å²) in [6, 6.07) is 4.34. The highest BCUT2D eigenvalue weighted by Gasteiger charge is 2.12. The molecule has 1 rings (SSSR count). The minimum atomic E-state index is -0.656. The first-order chi connectivity index (χ1) is 7.69. The van der Waals surface area contributed by atoms with Gasteiger partial charge >= 0.3 is 5.97 Å². The molecule has 1 aromatic carbocycles. The van der Waals surface area contributed by atoms with Crippen molar-refractivity contribution in [3.05, 3.63) is 29.6 Å². The number of carbonyl (C=O) groups is 1. The Morgan fingerprint density at radius 1 is 1.50 bits per heavy atom. The standard InChI is InChI=1S/C12H16FNO2/c1-3-4-7-14-9-5-6-11(13)10(8-9)12(15)16-2/h5-6,8,14H,3-4,7H2,1-2H3. The van der Waals surface area contributed by atoms with Crippen LogP contribution in [0.5, 0.6) is 0 Å². The summed E-state index contributed by atoms with van der Waals surface area (Å²) >= 11 is 0. The molecule has 0 amide bonds. The quantitative estimate of drug-likeness (QED) is 0.618. The second kappa shape index (κ2) is 6.10. The van der Waals surface area contributed by atoms with Crippen LogP contribution >= 0.6 is 0 Å². The number of benzene rings is 1. The Morgan fingerprint density at radius 3 is 2.88 bits per heavy atom. The molecule has 0 atom stereocenters. The molecule has 4 heteroatoms. The first-order valence-corrected chi connectivity index (χ1v) is 5.30. The number of carbonyl (C=O) groups excluding carboxylic acids is 1. The Kier molecular flexibility index (Phi) is 4.76. The fourth-order valence-corrected chi connectivity index (χ4v) is 1.31. The molecular weight excluding hydrogens is 209 g/mol. The lowest BCUT2D eigenvalue weighted by atomic mass is 10.2. The number of esters is 1. The Balaban J connectivity index is 2.77. The summed E-state index contributed by atoms with van der Waals surface area (Å²) in [5.74, 6) is -1.22. The number of hydrogen-bond donors (Lipinski definition) is 1. The molecule has 16 heavy (non-hydrogen) atoms. The van der Waals surface area contributed by atoms with Crippen LogP contribution in [0.15, 0.2) is 18.2 Å². The second-order valence-electron chi connectivity index (χ2n) is 3.47. The van der Waals surface area contributed by atoms with E-state index in [0.29, 0.717) is 0 Å². The van der Waals surface area contributed by atoms with Crippen LogP contribution in [0.4, 0.5) is 10.1 Å². The second-order valence-corrected chi connectivity index (χ2v) is 3.47. The summed E-state index contributed by atoms with van der Waals surface area (Å²) in [5.41, 5.74) is 0.694. The highest BCUT2D eigenvalue weighted by atomic mass is 19.1. The first kappa shape index (κ1) is 12.5. The topological polar surface area (TPSA) is 38.3 Å². The van der Waals surface area contributed by atoms with Crippen LogP contribution in [-0.2, 0) is 4.74 Å². The van der Waals surface area contributed by atoms with E-state index in [2.05, 4.69) is 17.0 Å². The fourth-order valence-electron chi connectivity index (χ4n) is 1.31. The molecule has 88 valence electrons. The minimum Gasteiger partial charge on any atom is -0.465 e. The maximum absolute atomic E-state index is 13.3. The first-order valence-electron chi connectivity index (χ1n) is 5.30. The highest BCUT2D eigenvalue weighted by molar-refractivity contribution is 5.90. The highest BCUT2D eigenvalue weighted by Crippen LogP contribution is 2.15. The van der Waals surface area contributed by atoms with Crippen LogP contribution in [0, 0.1) is 5.82 Å². The van der Waals surface area contributed by atoms with Crippen molar-refractivity contribution < 1.29 is 13.9 Å². The zero-order chi connectivity index (χ0) is 12.0. The van der Waals surface area contributed by atoms with Gasteiger partial charge in [0, 0.05) is 12.2 Å². The molecule has 3 nitrogen and oxygen atoms in total. The maximum Gasteiger partial charge on any atom is 0.340 e. The van der Waals surface area contributed by atoms with Gasteiger partial charge < -0.3 is 10.1 Å². The SMILES string of the molecule is CCCCNc1ccc(F)c(C(=O)OC)c1. The summed E-state index contributed by atoms with van der Waals surface area (Å²) in [5, 5.41) is 3.12. The predicted octanol–water partition coefficient (Wildman–Crippen LogP) is 2.82. The van der Waals surface area contributed by atoms with Gasteiger partial charge in [0.05, 0.1) is 12.7 Å². The van der Waals surface area contributed by atoms with Crippen LogP contribution in [0.25, 0.3) is 0 Å². The fraction of sp³-hybridized carbons (Fsp3) is 0.417. The van der Waals surface area contributed by atoms with Gasteiger partial charge in [0.2, 0.25) is 0 Å². The molecular formula is C12H16FNO2. The van der Waals surface area contributed by atoms with Gasteiger partial charge in [-0.15, -0.1) is 0 Å². The number of ether oxygens (including phenoxy) is 1. The van der Waals surface area contributed by atoms with Crippen LogP contribution in [0.3, 0.4) is 0 Å². The van der Waals surface area contributed by atoms with E-state index in [1.807, 2.05) is 0 Å². The summed E-state index contributed by atoms with van der Waals surface area (Å²) in [6.45, 7) is 2.90. The largest absolute Gasteiger partial charge is 0.465 e. The van der Waals surface area contributed by atoms with E-state index in [-0.39, 0.29) is 5.56 Å². The molecule has 0 heterocycles. The molecule has 0 saturated carbocycles.